The first-order chi connectivity index (χ1) is 9.83. The monoisotopic (exact) mass is 391 g/mol. The van der Waals surface area contributed by atoms with E-state index in [-0.39, 0.29) is 4.90 Å². The quantitative estimate of drug-likeness (QED) is 0.731. The predicted octanol–water partition coefficient (Wildman–Crippen LogP) is 3.26. The molecule has 1 aromatic carbocycles. The molecule has 2 rings (SSSR count). The fourth-order valence-corrected chi connectivity index (χ4v) is 3.73. The zero-order valence-corrected chi connectivity index (χ0v) is 14.7. The number of rotatable bonds is 5. The maximum absolute atomic E-state index is 12.4. The van der Waals surface area contributed by atoms with E-state index < -0.39 is 10.0 Å². The summed E-state index contributed by atoms with van der Waals surface area (Å²) in [5.74, 6) is 0. The Morgan fingerprint density at radius 2 is 2.05 bits per heavy atom. The Morgan fingerprint density at radius 3 is 2.71 bits per heavy atom. The number of hydrogen-bond donors (Lipinski definition) is 3. The van der Waals surface area contributed by atoms with Crippen LogP contribution in [0.15, 0.2) is 33.8 Å². The van der Waals surface area contributed by atoms with E-state index in [2.05, 4.69) is 31.0 Å². The van der Waals surface area contributed by atoms with E-state index in [1.165, 1.54) is 6.20 Å². The van der Waals surface area contributed by atoms with Crippen molar-refractivity contribution in [2.75, 3.05) is 11.8 Å². The lowest BCUT2D eigenvalue weighted by Gasteiger charge is -2.10. The fraction of sp³-hybridized carbons (Fsp3) is 0.231. The minimum atomic E-state index is -3.66. The first-order valence-electron chi connectivity index (χ1n) is 6.14. The number of sulfonamides is 1. The number of aryl methyl sites for hydroxylation is 1. The van der Waals surface area contributed by atoms with Gasteiger partial charge in [0.25, 0.3) is 10.0 Å². The summed E-state index contributed by atoms with van der Waals surface area (Å²) >= 11 is 9.37. The van der Waals surface area contributed by atoms with Crippen molar-refractivity contribution in [2.45, 2.75) is 18.4 Å². The molecule has 0 unspecified atom stereocenters. The number of aromatic nitrogens is 1. The van der Waals surface area contributed by atoms with Gasteiger partial charge < -0.3 is 10.3 Å². The van der Waals surface area contributed by atoms with Crippen LogP contribution < -0.4 is 10.0 Å². The van der Waals surface area contributed by atoms with Crippen LogP contribution in [0.3, 0.4) is 0 Å². The molecular weight excluding hydrogens is 378 g/mol. The third-order valence-corrected chi connectivity index (χ3v) is 5.29. The van der Waals surface area contributed by atoms with Crippen molar-refractivity contribution in [3.8, 4) is 0 Å². The molecule has 0 atom stereocenters. The summed E-state index contributed by atoms with van der Waals surface area (Å²) in [6.07, 6.45) is 1.46. The highest BCUT2D eigenvalue weighted by molar-refractivity contribution is 9.10. The van der Waals surface area contributed by atoms with Crippen molar-refractivity contribution in [1.29, 1.82) is 0 Å². The average Bonchev–Trinajstić information content (AvgIpc) is 2.86. The maximum Gasteiger partial charge on any atom is 0.263 e. The maximum atomic E-state index is 12.4. The van der Waals surface area contributed by atoms with E-state index in [0.29, 0.717) is 21.7 Å². The second-order valence-corrected chi connectivity index (χ2v) is 7.52. The highest BCUT2D eigenvalue weighted by Gasteiger charge is 2.18. The van der Waals surface area contributed by atoms with Gasteiger partial charge in [0.05, 0.1) is 5.69 Å². The highest BCUT2D eigenvalue weighted by Crippen LogP contribution is 2.30. The summed E-state index contributed by atoms with van der Waals surface area (Å²) in [6, 6.07) is 4.94. The molecule has 1 aromatic heterocycles. The number of benzene rings is 1. The second kappa shape index (κ2) is 6.39. The molecule has 21 heavy (non-hydrogen) atoms. The minimum absolute atomic E-state index is 0.177. The van der Waals surface area contributed by atoms with E-state index in [9.17, 15) is 8.42 Å². The van der Waals surface area contributed by atoms with Crippen molar-refractivity contribution in [2.24, 2.45) is 0 Å². The van der Waals surface area contributed by atoms with Crippen molar-refractivity contribution < 1.29 is 8.42 Å². The molecule has 0 saturated carbocycles. The van der Waals surface area contributed by atoms with Crippen LogP contribution in [0.5, 0.6) is 0 Å². The molecule has 0 aliphatic carbocycles. The average molecular weight is 393 g/mol. The molecule has 0 saturated heterocycles. The van der Waals surface area contributed by atoms with Crippen LogP contribution in [-0.2, 0) is 16.6 Å². The topological polar surface area (TPSA) is 74.0 Å². The summed E-state index contributed by atoms with van der Waals surface area (Å²) in [7, 11) is -1.87. The van der Waals surface area contributed by atoms with Crippen LogP contribution in [-0.4, -0.2) is 20.4 Å². The lowest BCUT2D eigenvalue weighted by molar-refractivity contribution is 0.601. The number of hydrogen-bond acceptors (Lipinski definition) is 3. The Labute approximate surface area is 137 Å². The summed E-state index contributed by atoms with van der Waals surface area (Å²) in [5.41, 5.74) is 2.06. The van der Waals surface area contributed by atoms with Crippen LogP contribution in [0, 0.1) is 6.92 Å². The summed E-state index contributed by atoms with van der Waals surface area (Å²) in [5, 5.41) is 3.45. The molecule has 114 valence electrons. The van der Waals surface area contributed by atoms with Crippen molar-refractivity contribution >= 4 is 43.2 Å². The van der Waals surface area contributed by atoms with Gasteiger partial charge in [0, 0.05) is 27.9 Å². The summed E-state index contributed by atoms with van der Waals surface area (Å²) in [4.78, 5) is 3.09. The van der Waals surface area contributed by atoms with Gasteiger partial charge in [-0.05, 0) is 53.7 Å². The van der Waals surface area contributed by atoms with Crippen molar-refractivity contribution in [3.63, 3.8) is 0 Å². The fourth-order valence-electron chi connectivity index (χ4n) is 1.79. The molecule has 8 heteroatoms. The third kappa shape index (κ3) is 3.79. The zero-order valence-electron chi connectivity index (χ0n) is 11.5. The molecule has 1 heterocycles. The molecule has 3 N–H and O–H groups in total. The number of H-pyrrole nitrogens is 1. The van der Waals surface area contributed by atoms with E-state index in [1.807, 2.05) is 6.92 Å². The van der Waals surface area contributed by atoms with Crippen LogP contribution in [0.2, 0.25) is 5.02 Å². The van der Waals surface area contributed by atoms with E-state index in [0.717, 1.165) is 11.3 Å². The lowest BCUT2D eigenvalue weighted by atomic mass is 10.2. The van der Waals surface area contributed by atoms with Crippen LogP contribution in [0.1, 0.15) is 11.3 Å². The molecule has 0 fully saturated rings. The number of halogens is 2. The normalized spacial score (nSPS) is 11.6. The number of nitrogens with one attached hydrogen (secondary N) is 3. The Balaban J connectivity index is 2.30. The molecule has 0 radical (unpaired) electrons. The lowest BCUT2D eigenvalue weighted by Crippen LogP contribution is -2.12. The molecule has 0 amide bonds. The molecule has 5 nitrogen and oxygen atoms in total. The first-order valence-corrected chi connectivity index (χ1v) is 8.79. The Kier molecular flexibility index (Phi) is 4.98. The highest BCUT2D eigenvalue weighted by atomic mass is 79.9. The number of aromatic amines is 1. The Hall–Kier alpha value is -1.02. The SMILES string of the molecule is CNCc1cc(S(=O)(=O)Nc2cc(Cl)c(C)cc2Br)c[nH]1. The van der Waals surface area contributed by atoms with Crippen LogP contribution in [0.4, 0.5) is 5.69 Å². The summed E-state index contributed by atoms with van der Waals surface area (Å²) in [6.45, 7) is 2.41. The van der Waals surface area contributed by atoms with Gasteiger partial charge in [-0.2, -0.15) is 0 Å². The number of anilines is 1. The van der Waals surface area contributed by atoms with Gasteiger partial charge in [-0.15, -0.1) is 0 Å². The van der Waals surface area contributed by atoms with Gasteiger partial charge in [-0.1, -0.05) is 11.6 Å². The standard InChI is InChI=1S/C13H15BrClN3O2S/c1-8-3-11(14)13(5-12(8)15)18-21(19,20)10-4-9(6-16-2)17-7-10/h3-5,7,16-18H,6H2,1-2H3. The minimum Gasteiger partial charge on any atom is -0.363 e. The van der Waals surface area contributed by atoms with Crippen molar-refractivity contribution in [3.05, 3.63) is 45.1 Å². The van der Waals surface area contributed by atoms with Gasteiger partial charge in [0.2, 0.25) is 0 Å². The molecule has 0 aliphatic heterocycles. The molecule has 0 aliphatic rings. The van der Waals surface area contributed by atoms with Gasteiger partial charge in [-0.25, -0.2) is 8.42 Å². The molecule has 0 bridgehead atoms. The first kappa shape index (κ1) is 16.4. The predicted molar refractivity (Wildman–Crippen MR) is 88.3 cm³/mol. The van der Waals surface area contributed by atoms with Crippen molar-refractivity contribution in [1.82, 2.24) is 10.3 Å². The Bertz CT molecular complexity index is 759. The zero-order chi connectivity index (χ0) is 15.6. The van der Waals surface area contributed by atoms with Gasteiger partial charge in [0.15, 0.2) is 0 Å². The summed E-state index contributed by atoms with van der Waals surface area (Å²) < 4.78 is 27.9. The van der Waals surface area contributed by atoms with E-state index in [4.69, 9.17) is 11.6 Å². The molecular formula is C13H15BrClN3O2S. The van der Waals surface area contributed by atoms with E-state index in [1.54, 1.807) is 25.2 Å². The Morgan fingerprint density at radius 1 is 1.33 bits per heavy atom. The molecule has 0 spiro atoms. The van der Waals surface area contributed by atoms with Gasteiger partial charge in [0.1, 0.15) is 4.90 Å². The van der Waals surface area contributed by atoms with Gasteiger partial charge >= 0.3 is 0 Å². The molecule has 2 aromatic rings. The largest absolute Gasteiger partial charge is 0.363 e. The van der Waals surface area contributed by atoms with Crippen LogP contribution in [0.25, 0.3) is 0 Å². The van der Waals surface area contributed by atoms with Gasteiger partial charge in [-0.3, -0.25) is 4.72 Å². The second-order valence-electron chi connectivity index (χ2n) is 4.58. The smallest absolute Gasteiger partial charge is 0.263 e. The van der Waals surface area contributed by atoms with Crippen LogP contribution >= 0.6 is 27.5 Å². The third-order valence-electron chi connectivity index (χ3n) is 2.89. The van der Waals surface area contributed by atoms with E-state index >= 15 is 0 Å².